The number of hydrogen-bond acceptors (Lipinski definition) is 3. The van der Waals surface area contributed by atoms with Gasteiger partial charge in [-0.25, -0.2) is 8.78 Å². The third-order valence-electron chi connectivity index (χ3n) is 3.04. The molecule has 0 aromatic heterocycles. The molecule has 2 rings (SSSR count). The van der Waals surface area contributed by atoms with Gasteiger partial charge in [-0.15, -0.1) is 0 Å². The second-order valence-electron chi connectivity index (χ2n) is 4.82. The fraction of sp³-hybridized carbons (Fsp3) is 0.462. The van der Waals surface area contributed by atoms with Crippen LogP contribution in [0.1, 0.15) is 19.4 Å². The van der Waals surface area contributed by atoms with Crippen molar-refractivity contribution in [2.75, 3.05) is 18.0 Å². The number of nitrogens with zero attached hydrogens (tertiary/aromatic N) is 1. The Morgan fingerprint density at radius 1 is 1.26 bits per heavy atom. The molecule has 2 nitrogen and oxygen atoms in total. The van der Waals surface area contributed by atoms with Crippen LogP contribution in [0.5, 0.6) is 0 Å². The third-order valence-corrected chi connectivity index (χ3v) is 4.50. The molecule has 2 unspecified atom stereocenters. The largest absolute Gasteiger partial charge is 0.389 e. The van der Waals surface area contributed by atoms with Gasteiger partial charge in [0.2, 0.25) is 0 Å². The fourth-order valence-electron chi connectivity index (χ4n) is 2.37. The minimum atomic E-state index is -0.603. The number of thiocarbonyl (C=S) groups is 1. The van der Waals surface area contributed by atoms with Crippen LogP contribution in [0, 0.1) is 11.6 Å². The molecule has 0 bridgehead atoms. The smallest absolute Gasteiger partial charge is 0.150 e. The van der Waals surface area contributed by atoms with Gasteiger partial charge in [0.05, 0.1) is 0 Å². The number of benzene rings is 1. The van der Waals surface area contributed by atoms with E-state index < -0.39 is 11.6 Å². The molecule has 6 heteroatoms. The van der Waals surface area contributed by atoms with Crippen molar-refractivity contribution in [2.45, 2.75) is 24.3 Å². The standard InChI is InChI=1S/C13H16F2N2S2/c1-7-5-17(6-8(2)19-7)12-10(14)3-9(13(16)18)4-11(12)15/h3-4,7-8H,5-6H2,1-2H3,(H2,16,18). The van der Waals surface area contributed by atoms with Crippen LogP contribution in [0.15, 0.2) is 12.1 Å². The molecule has 0 radical (unpaired) electrons. The average molecular weight is 302 g/mol. The maximum absolute atomic E-state index is 14.1. The summed E-state index contributed by atoms with van der Waals surface area (Å²) in [7, 11) is 0. The van der Waals surface area contributed by atoms with Gasteiger partial charge < -0.3 is 10.6 Å². The van der Waals surface area contributed by atoms with Crippen LogP contribution in [0.2, 0.25) is 0 Å². The summed E-state index contributed by atoms with van der Waals surface area (Å²) < 4.78 is 28.2. The van der Waals surface area contributed by atoms with Crippen LogP contribution < -0.4 is 10.6 Å². The van der Waals surface area contributed by atoms with Crippen LogP contribution in [-0.2, 0) is 0 Å². The third kappa shape index (κ3) is 3.17. The molecule has 1 heterocycles. The molecule has 0 saturated carbocycles. The van der Waals surface area contributed by atoms with Gasteiger partial charge in [-0.2, -0.15) is 11.8 Å². The zero-order valence-corrected chi connectivity index (χ0v) is 12.5. The molecule has 0 amide bonds. The maximum Gasteiger partial charge on any atom is 0.150 e. The molecule has 1 aromatic carbocycles. The van der Waals surface area contributed by atoms with Crippen LogP contribution in [0.25, 0.3) is 0 Å². The maximum atomic E-state index is 14.1. The lowest BCUT2D eigenvalue weighted by Gasteiger charge is -2.36. The number of rotatable bonds is 2. The molecule has 19 heavy (non-hydrogen) atoms. The number of halogens is 2. The molecule has 2 atom stereocenters. The van der Waals surface area contributed by atoms with Crippen LogP contribution in [-0.4, -0.2) is 28.6 Å². The molecule has 1 aliphatic heterocycles. The van der Waals surface area contributed by atoms with Gasteiger partial charge in [-0.3, -0.25) is 0 Å². The topological polar surface area (TPSA) is 29.3 Å². The minimum Gasteiger partial charge on any atom is -0.389 e. The summed E-state index contributed by atoms with van der Waals surface area (Å²) in [4.78, 5) is 1.76. The predicted octanol–water partition coefficient (Wildman–Crippen LogP) is 2.93. The van der Waals surface area contributed by atoms with Gasteiger partial charge in [0, 0.05) is 29.2 Å². The van der Waals surface area contributed by atoms with E-state index in [-0.39, 0.29) is 16.2 Å². The van der Waals surface area contributed by atoms with Crippen molar-refractivity contribution in [1.29, 1.82) is 0 Å². The molecule has 104 valence electrons. The Kier molecular flexibility index (Phi) is 4.30. The van der Waals surface area contributed by atoms with Gasteiger partial charge in [-0.05, 0) is 12.1 Å². The quantitative estimate of drug-likeness (QED) is 0.851. The summed E-state index contributed by atoms with van der Waals surface area (Å²) in [5.74, 6) is -1.21. The van der Waals surface area contributed by atoms with E-state index >= 15 is 0 Å². The molecule has 1 saturated heterocycles. The second kappa shape index (κ2) is 5.63. The van der Waals surface area contributed by atoms with Crippen LogP contribution in [0.3, 0.4) is 0 Å². The highest BCUT2D eigenvalue weighted by atomic mass is 32.2. The lowest BCUT2D eigenvalue weighted by atomic mass is 10.1. The normalized spacial score (nSPS) is 23.5. The SMILES string of the molecule is CC1CN(c2c(F)cc(C(N)=S)cc2F)CC(C)S1. The van der Waals surface area contributed by atoms with E-state index in [0.29, 0.717) is 23.6 Å². The first-order valence-electron chi connectivity index (χ1n) is 6.07. The summed E-state index contributed by atoms with van der Waals surface area (Å²) >= 11 is 6.58. The Morgan fingerprint density at radius 3 is 2.16 bits per heavy atom. The van der Waals surface area contributed by atoms with Gasteiger partial charge in [0.1, 0.15) is 22.3 Å². The molecule has 1 fully saturated rings. The summed E-state index contributed by atoms with van der Waals surface area (Å²) in [5, 5.41) is 0.690. The Hall–Kier alpha value is -0.880. The van der Waals surface area contributed by atoms with Gasteiger partial charge >= 0.3 is 0 Å². The Balaban J connectivity index is 2.37. The van der Waals surface area contributed by atoms with Crippen molar-refractivity contribution in [1.82, 2.24) is 0 Å². The van der Waals surface area contributed by atoms with Crippen LogP contribution >= 0.6 is 24.0 Å². The highest BCUT2D eigenvalue weighted by Gasteiger charge is 2.27. The molecular formula is C13H16F2N2S2. The summed E-state index contributed by atoms with van der Waals surface area (Å²) in [6, 6.07) is 2.41. The Morgan fingerprint density at radius 2 is 1.74 bits per heavy atom. The first kappa shape index (κ1) is 14.5. The van der Waals surface area contributed by atoms with E-state index in [4.69, 9.17) is 18.0 Å². The second-order valence-corrected chi connectivity index (χ2v) is 7.14. The van der Waals surface area contributed by atoms with E-state index in [1.165, 1.54) is 12.1 Å². The zero-order chi connectivity index (χ0) is 14.2. The molecule has 0 aliphatic carbocycles. The lowest BCUT2D eigenvalue weighted by Crippen LogP contribution is -2.41. The van der Waals surface area contributed by atoms with Crippen molar-refractivity contribution in [3.8, 4) is 0 Å². The summed E-state index contributed by atoms with van der Waals surface area (Å²) in [5.41, 5.74) is 5.66. The lowest BCUT2D eigenvalue weighted by molar-refractivity contribution is 0.565. The first-order chi connectivity index (χ1) is 8.88. The average Bonchev–Trinajstić information content (AvgIpc) is 2.26. The molecule has 1 aliphatic rings. The van der Waals surface area contributed by atoms with E-state index in [1.54, 1.807) is 4.90 Å². The van der Waals surface area contributed by atoms with Crippen molar-refractivity contribution in [3.63, 3.8) is 0 Å². The monoisotopic (exact) mass is 302 g/mol. The number of anilines is 1. The predicted molar refractivity (Wildman–Crippen MR) is 81.0 cm³/mol. The van der Waals surface area contributed by atoms with Gasteiger partial charge in [0.25, 0.3) is 0 Å². The highest BCUT2D eigenvalue weighted by molar-refractivity contribution is 8.00. The minimum absolute atomic E-state index is 0.000265. The van der Waals surface area contributed by atoms with Crippen molar-refractivity contribution >= 4 is 34.7 Å². The van der Waals surface area contributed by atoms with Crippen molar-refractivity contribution < 1.29 is 8.78 Å². The van der Waals surface area contributed by atoms with Gasteiger partial charge in [-0.1, -0.05) is 26.1 Å². The molecule has 2 N–H and O–H groups in total. The van der Waals surface area contributed by atoms with Crippen LogP contribution in [0.4, 0.5) is 14.5 Å². The highest BCUT2D eigenvalue weighted by Crippen LogP contribution is 2.32. The van der Waals surface area contributed by atoms with E-state index in [9.17, 15) is 8.78 Å². The van der Waals surface area contributed by atoms with Crippen molar-refractivity contribution in [3.05, 3.63) is 29.3 Å². The first-order valence-corrected chi connectivity index (χ1v) is 7.43. The number of hydrogen-bond donors (Lipinski definition) is 1. The molecule has 0 spiro atoms. The zero-order valence-electron chi connectivity index (χ0n) is 10.8. The summed E-state index contributed by atoms with van der Waals surface area (Å²) in [6.07, 6.45) is 0. The number of thioether (sulfide) groups is 1. The van der Waals surface area contributed by atoms with E-state index in [1.807, 2.05) is 11.8 Å². The fourth-order valence-corrected chi connectivity index (χ4v) is 3.81. The molecular weight excluding hydrogens is 286 g/mol. The molecule has 1 aromatic rings. The van der Waals surface area contributed by atoms with Gasteiger partial charge in [0.15, 0.2) is 0 Å². The van der Waals surface area contributed by atoms with Crippen molar-refractivity contribution in [2.24, 2.45) is 5.73 Å². The number of nitrogens with two attached hydrogens (primary N) is 1. The summed E-state index contributed by atoms with van der Waals surface area (Å²) in [6.45, 7) is 5.39. The Labute approximate surface area is 121 Å². The van der Waals surface area contributed by atoms with E-state index in [0.717, 1.165) is 0 Å². The van der Waals surface area contributed by atoms with E-state index in [2.05, 4.69) is 13.8 Å². The Bertz CT molecular complexity index is 474.